The molecule has 1 N–H and O–H groups in total. The Balaban J connectivity index is 0.00000144. The average molecular weight is 315 g/mol. The van der Waals surface area contributed by atoms with Gasteiger partial charge in [-0.05, 0) is 19.4 Å². The highest BCUT2D eigenvalue weighted by atomic mass is 35.5. The fourth-order valence-electron chi connectivity index (χ4n) is 1.86. The Hall–Kier alpha value is 0.320. The molecule has 0 amide bonds. The van der Waals surface area contributed by atoms with E-state index in [9.17, 15) is 4.21 Å². The Morgan fingerprint density at radius 1 is 1.59 bits per heavy atom. The number of piperidine rings is 1. The summed E-state index contributed by atoms with van der Waals surface area (Å²) in [5.74, 6) is 1.33. The second-order valence-electron chi connectivity index (χ2n) is 3.98. The van der Waals surface area contributed by atoms with E-state index in [1.165, 1.54) is 24.2 Å². The normalized spacial score (nSPS) is 21.8. The van der Waals surface area contributed by atoms with Gasteiger partial charge in [0.05, 0.1) is 5.75 Å². The Kier molecular flexibility index (Phi) is 6.95. The molecule has 1 aliphatic rings. The van der Waals surface area contributed by atoms with Gasteiger partial charge in [-0.2, -0.15) is 0 Å². The van der Waals surface area contributed by atoms with Gasteiger partial charge < -0.3 is 5.32 Å². The molecule has 0 spiro atoms. The number of nitrogens with zero attached hydrogens (tertiary/aromatic N) is 1. The van der Waals surface area contributed by atoms with Crippen LogP contribution in [0.5, 0.6) is 0 Å². The van der Waals surface area contributed by atoms with E-state index in [1.54, 1.807) is 6.20 Å². The number of nitrogens with one attached hydrogen (secondary N) is 1. The van der Waals surface area contributed by atoms with Gasteiger partial charge in [-0.25, -0.2) is 4.98 Å². The zero-order valence-electron chi connectivity index (χ0n) is 9.36. The zero-order valence-corrected chi connectivity index (χ0v) is 12.6. The van der Waals surface area contributed by atoms with Crippen LogP contribution < -0.4 is 5.32 Å². The van der Waals surface area contributed by atoms with E-state index in [1.807, 2.05) is 0 Å². The van der Waals surface area contributed by atoms with Crippen molar-refractivity contribution in [2.75, 3.05) is 12.3 Å². The Bertz CT molecular complexity index is 367. The predicted octanol–water partition coefficient (Wildman–Crippen LogP) is 2.61. The van der Waals surface area contributed by atoms with Crippen LogP contribution >= 0.6 is 35.3 Å². The molecule has 7 heteroatoms. The zero-order chi connectivity index (χ0) is 11.4. The van der Waals surface area contributed by atoms with Crippen molar-refractivity contribution < 1.29 is 4.21 Å². The van der Waals surface area contributed by atoms with Crippen molar-refractivity contribution in [1.29, 1.82) is 0 Å². The van der Waals surface area contributed by atoms with E-state index >= 15 is 0 Å². The molecule has 0 aromatic carbocycles. The van der Waals surface area contributed by atoms with Crippen LogP contribution in [0.3, 0.4) is 0 Å². The van der Waals surface area contributed by atoms with E-state index < -0.39 is 10.8 Å². The van der Waals surface area contributed by atoms with Crippen LogP contribution in [0.15, 0.2) is 6.20 Å². The molecule has 1 aromatic rings. The van der Waals surface area contributed by atoms with Gasteiger partial charge in [-0.1, -0.05) is 18.0 Å². The van der Waals surface area contributed by atoms with Gasteiger partial charge in [0.15, 0.2) is 4.47 Å². The lowest BCUT2D eigenvalue weighted by atomic mass is 10.1. The number of hydrogen-bond acceptors (Lipinski definition) is 4. The van der Waals surface area contributed by atoms with Gasteiger partial charge in [0, 0.05) is 33.7 Å². The van der Waals surface area contributed by atoms with Crippen LogP contribution in [-0.4, -0.2) is 27.5 Å². The van der Waals surface area contributed by atoms with E-state index in [4.69, 9.17) is 11.6 Å². The first kappa shape index (κ1) is 15.4. The highest BCUT2D eigenvalue weighted by molar-refractivity contribution is 7.84. The van der Waals surface area contributed by atoms with Crippen molar-refractivity contribution in [2.45, 2.75) is 31.1 Å². The molecular weight excluding hydrogens is 299 g/mol. The number of aromatic nitrogens is 1. The SMILES string of the molecule is Cl.O=S(Cc1cnc(Cl)s1)CC1CCCCN1. The van der Waals surface area contributed by atoms with Crippen LogP contribution in [0.25, 0.3) is 0 Å². The lowest BCUT2D eigenvalue weighted by Crippen LogP contribution is -2.38. The fraction of sp³-hybridized carbons (Fsp3) is 0.700. The largest absolute Gasteiger partial charge is 0.313 e. The molecule has 0 aliphatic carbocycles. The quantitative estimate of drug-likeness (QED) is 0.929. The van der Waals surface area contributed by atoms with E-state index in [0.717, 1.165) is 23.6 Å². The molecule has 1 fully saturated rings. The first-order valence-corrected chi connectivity index (χ1v) is 8.11. The van der Waals surface area contributed by atoms with Gasteiger partial charge in [-0.3, -0.25) is 4.21 Å². The van der Waals surface area contributed by atoms with E-state index in [0.29, 0.717) is 16.3 Å². The molecule has 1 aromatic heterocycles. The third-order valence-electron chi connectivity index (χ3n) is 2.63. The Morgan fingerprint density at radius 3 is 3.00 bits per heavy atom. The maximum atomic E-state index is 11.9. The molecule has 0 radical (unpaired) electrons. The molecule has 1 saturated heterocycles. The third kappa shape index (κ3) is 5.22. The minimum atomic E-state index is -0.806. The molecular formula is C10H16Cl2N2OS2. The Morgan fingerprint density at radius 2 is 2.41 bits per heavy atom. The molecule has 0 bridgehead atoms. The van der Waals surface area contributed by atoms with Crippen molar-refractivity contribution in [1.82, 2.24) is 10.3 Å². The van der Waals surface area contributed by atoms with Crippen LogP contribution in [0, 0.1) is 0 Å². The lowest BCUT2D eigenvalue weighted by molar-refractivity contribution is 0.427. The molecule has 98 valence electrons. The molecule has 2 unspecified atom stereocenters. The molecule has 1 aliphatic heterocycles. The summed E-state index contributed by atoms with van der Waals surface area (Å²) in [4.78, 5) is 4.96. The monoisotopic (exact) mass is 314 g/mol. The molecule has 2 atom stereocenters. The third-order valence-corrected chi connectivity index (χ3v) is 5.33. The number of rotatable bonds is 4. The summed E-state index contributed by atoms with van der Waals surface area (Å²) in [6.07, 6.45) is 5.36. The average Bonchev–Trinajstić information content (AvgIpc) is 2.65. The molecule has 2 rings (SSSR count). The molecule has 3 nitrogen and oxygen atoms in total. The minimum absolute atomic E-state index is 0. The summed E-state index contributed by atoms with van der Waals surface area (Å²) >= 11 is 7.15. The van der Waals surface area contributed by atoms with Crippen LogP contribution in [0.4, 0.5) is 0 Å². The highest BCUT2D eigenvalue weighted by Crippen LogP contribution is 2.19. The molecule has 2 heterocycles. The second-order valence-corrected chi connectivity index (χ2v) is 7.18. The molecule has 0 saturated carbocycles. The smallest absolute Gasteiger partial charge is 0.183 e. The summed E-state index contributed by atoms with van der Waals surface area (Å²) in [6.45, 7) is 1.06. The summed E-state index contributed by atoms with van der Waals surface area (Å²) in [5, 5.41) is 3.41. The first-order chi connectivity index (χ1) is 7.74. The van der Waals surface area contributed by atoms with Crippen molar-refractivity contribution in [3.05, 3.63) is 15.5 Å². The summed E-state index contributed by atoms with van der Waals surface area (Å²) in [7, 11) is -0.806. The van der Waals surface area contributed by atoms with E-state index in [2.05, 4.69) is 10.3 Å². The summed E-state index contributed by atoms with van der Waals surface area (Å²) in [6, 6.07) is 0.429. The topological polar surface area (TPSA) is 42.0 Å². The van der Waals surface area contributed by atoms with Gasteiger partial charge in [-0.15, -0.1) is 23.7 Å². The summed E-state index contributed by atoms with van der Waals surface area (Å²) in [5.41, 5.74) is 0. The van der Waals surface area contributed by atoms with Crippen molar-refractivity contribution in [2.24, 2.45) is 0 Å². The summed E-state index contributed by atoms with van der Waals surface area (Å²) < 4.78 is 12.4. The Labute approximate surface area is 119 Å². The maximum absolute atomic E-state index is 11.9. The number of thiazole rings is 1. The van der Waals surface area contributed by atoms with Crippen molar-refractivity contribution in [3.8, 4) is 0 Å². The van der Waals surface area contributed by atoms with Gasteiger partial charge >= 0.3 is 0 Å². The van der Waals surface area contributed by atoms with Gasteiger partial charge in [0.25, 0.3) is 0 Å². The number of hydrogen-bond donors (Lipinski definition) is 1. The lowest BCUT2D eigenvalue weighted by Gasteiger charge is -2.22. The molecule has 17 heavy (non-hydrogen) atoms. The van der Waals surface area contributed by atoms with Crippen molar-refractivity contribution >= 4 is 46.1 Å². The van der Waals surface area contributed by atoms with E-state index in [-0.39, 0.29) is 12.4 Å². The second kappa shape index (κ2) is 7.69. The first-order valence-electron chi connectivity index (χ1n) is 5.42. The minimum Gasteiger partial charge on any atom is -0.313 e. The van der Waals surface area contributed by atoms with Crippen LogP contribution in [0.2, 0.25) is 4.47 Å². The number of halogens is 2. The maximum Gasteiger partial charge on any atom is 0.183 e. The van der Waals surface area contributed by atoms with Crippen LogP contribution in [0.1, 0.15) is 24.1 Å². The van der Waals surface area contributed by atoms with Gasteiger partial charge in [0.2, 0.25) is 0 Å². The fourth-order valence-corrected chi connectivity index (χ4v) is 4.50. The van der Waals surface area contributed by atoms with Gasteiger partial charge in [0.1, 0.15) is 0 Å². The predicted molar refractivity (Wildman–Crippen MR) is 76.7 cm³/mol. The van der Waals surface area contributed by atoms with Crippen molar-refractivity contribution in [3.63, 3.8) is 0 Å². The highest BCUT2D eigenvalue weighted by Gasteiger charge is 2.16. The standard InChI is InChI=1S/C10H15ClN2OS2.ClH/c11-10-13-5-9(15-10)7-16(14)6-8-3-1-2-4-12-8;/h5,8,12H,1-4,6-7H2;1H. The van der Waals surface area contributed by atoms with Crippen LogP contribution in [-0.2, 0) is 16.6 Å².